The van der Waals surface area contributed by atoms with Crippen LogP contribution in [0.25, 0.3) is 0 Å². The summed E-state index contributed by atoms with van der Waals surface area (Å²) in [6.07, 6.45) is 0. The van der Waals surface area contributed by atoms with Crippen molar-refractivity contribution in [3.8, 4) is 11.8 Å². The first-order valence-electron chi connectivity index (χ1n) is 3.44. The predicted molar refractivity (Wildman–Crippen MR) is 48.3 cm³/mol. The van der Waals surface area contributed by atoms with Crippen LogP contribution in [0.5, 0.6) is 0 Å². The second-order valence-corrected chi connectivity index (χ2v) is 3.10. The summed E-state index contributed by atoms with van der Waals surface area (Å²) in [7, 11) is 0. The quantitative estimate of drug-likeness (QED) is 0.522. The molecule has 12 heavy (non-hydrogen) atoms. The van der Waals surface area contributed by atoms with Crippen molar-refractivity contribution >= 4 is 17.1 Å². The van der Waals surface area contributed by atoms with Gasteiger partial charge in [0.05, 0.1) is 4.88 Å². The number of carbonyl (C=O) groups excluding carboxylic acids is 1. The molecule has 0 aliphatic heterocycles. The average molecular weight is 180 g/mol. The van der Waals surface area contributed by atoms with Crippen LogP contribution >= 0.6 is 11.3 Å². The van der Waals surface area contributed by atoms with Crippen molar-refractivity contribution in [2.24, 2.45) is 0 Å². The summed E-state index contributed by atoms with van der Waals surface area (Å²) < 4.78 is 0. The van der Waals surface area contributed by atoms with Gasteiger partial charge in [0.1, 0.15) is 6.61 Å². The Bertz CT molecular complexity index is 341. The van der Waals surface area contributed by atoms with Gasteiger partial charge < -0.3 is 5.11 Å². The SMILES string of the molecule is CC(=O)c1sccc1C#CCO. The molecule has 0 spiro atoms. The highest BCUT2D eigenvalue weighted by Crippen LogP contribution is 2.15. The third-order valence-corrected chi connectivity index (χ3v) is 2.30. The molecule has 0 bridgehead atoms. The van der Waals surface area contributed by atoms with Gasteiger partial charge >= 0.3 is 0 Å². The topological polar surface area (TPSA) is 37.3 Å². The highest BCUT2D eigenvalue weighted by molar-refractivity contribution is 7.12. The second-order valence-electron chi connectivity index (χ2n) is 2.18. The van der Waals surface area contributed by atoms with Crippen molar-refractivity contribution in [2.75, 3.05) is 6.61 Å². The minimum absolute atomic E-state index is 0.0206. The minimum Gasteiger partial charge on any atom is -0.384 e. The number of aliphatic hydroxyl groups is 1. The molecule has 3 heteroatoms. The van der Waals surface area contributed by atoms with Gasteiger partial charge in [0.25, 0.3) is 0 Å². The van der Waals surface area contributed by atoms with E-state index in [0.29, 0.717) is 10.4 Å². The molecule has 1 heterocycles. The van der Waals surface area contributed by atoms with Gasteiger partial charge in [0.2, 0.25) is 0 Å². The molecule has 0 aromatic carbocycles. The zero-order chi connectivity index (χ0) is 8.97. The number of Topliss-reactive ketones (excluding diaryl/α,β-unsaturated/α-hetero) is 1. The van der Waals surface area contributed by atoms with E-state index in [0.717, 1.165) is 0 Å². The lowest BCUT2D eigenvalue weighted by Crippen LogP contribution is -1.89. The van der Waals surface area contributed by atoms with Gasteiger partial charge in [-0.3, -0.25) is 4.79 Å². The lowest BCUT2D eigenvalue weighted by molar-refractivity contribution is 0.102. The van der Waals surface area contributed by atoms with Gasteiger partial charge in [-0.05, 0) is 18.4 Å². The van der Waals surface area contributed by atoms with Crippen LogP contribution in [0.1, 0.15) is 22.2 Å². The molecule has 0 saturated heterocycles. The Morgan fingerprint density at radius 1 is 1.75 bits per heavy atom. The predicted octanol–water partition coefficient (Wildman–Crippen LogP) is 1.29. The number of carbonyl (C=O) groups is 1. The Morgan fingerprint density at radius 2 is 2.50 bits per heavy atom. The third-order valence-electron chi connectivity index (χ3n) is 1.29. The Hall–Kier alpha value is -1.11. The van der Waals surface area contributed by atoms with Crippen molar-refractivity contribution in [1.82, 2.24) is 0 Å². The van der Waals surface area contributed by atoms with Crippen molar-refractivity contribution < 1.29 is 9.90 Å². The minimum atomic E-state index is -0.173. The van der Waals surface area contributed by atoms with Gasteiger partial charge in [-0.2, -0.15) is 0 Å². The van der Waals surface area contributed by atoms with Crippen LogP contribution in [-0.2, 0) is 0 Å². The second kappa shape index (κ2) is 4.05. The third kappa shape index (κ3) is 1.94. The fourth-order valence-corrected chi connectivity index (χ4v) is 1.57. The molecule has 1 N–H and O–H groups in total. The molecule has 0 fully saturated rings. The highest BCUT2D eigenvalue weighted by Gasteiger charge is 2.05. The van der Waals surface area contributed by atoms with E-state index in [1.165, 1.54) is 18.3 Å². The van der Waals surface area contributed by atoms with Gasteiger partial charge in [0.15, 0.2) is 5.78 Å². The standard InChI is InChI=1S/C9H8O2S/c1-7(11)9-8(3-2-5-10)4-6-12-9/h4,6,10H,5H2,1H3. The van der Waals surface area contributed by atoms with E-state index in [4.69, 9.17) is 5.11 Å². The molecule has 1 aromatic rings. The van der Waals surface area contributed by atoms with Crippen molar-refractivity contribution in [2.45, 2.75) is 6.92 Å². The first-order chi connectivity index (χ1) is 5.75. The fraction of sp³-hybridized carbons (Fsp3) is 0.222. The van der Waals surface area contributed by atoms with Crippen molar-refractivity contribution in [3.05, 3.63) is 21.9 Å². The summed E-state index contributed by atoms with van der Waals surface area (Å²) >= 11 is 1.37. The molecule has 1 rings (SSSR count). The molecule has 1 aromatic heterocycles. The normalized spacial score (nSPS) is 8.83. The Morgan fingerprint density at radius 3 is 3.08 bits per heavy atom. The summed E-state index contributed by atoms with van der Waals surface area (Å²) in [5, 5.41) is 10.3. The summed E-state index contributed by atoms with van der Waals surface area (Å²) in [5.41, 5.74) is 0.710. The van der Waals surface area contributed by atoms with Crippen molar-refractivity contribution in [3.63, 3.8) is 0 Å². The van der Waals surface area contributed by atoms with E-state index < -0.39 is 0 Å². The van der Waals surface area contributed by atoms with Crippen LogP contribution in [0, 0.1) is 11.8 Å². The van der Waals surface area contributed by atoms with Gasteiger partial charge in [-0.1, -0.05) is 11.8 Å². The van der Waals surface area contributed by atoms with Crippen molar-refractivity contribution in [1.29, 1.82) is 0 Å². The lowest BCUT2D eigenvalue weighted by atomic mass is 10.2. The zero-order valence-electron chi connectivity index (χ0n) is 6.63. The first kappa shape index (κ1) is 8.98. The van der Waals surface area contributed by atoms with Gasteiger partial charge in [-0.15, -0.1) is 11.3 Å². The monoisotopic (exact) mass is 180 g/mol. The maximum atomic E-state index is 11.0. The van der Waals surface area contributed by atoms with E-state index in [-0.39, 0.29) is 12.4 Å². The summed E-state index contributed by atoms with van der Waals surface area (Å²) in [6.45, 7) is 1.34. The molecule has 0 amide bonds. The number of thiophene rings is 1. The fourth-order valence-electron chi connectivity index (χ4n) is 0.815. The highest BCUT2D eigenvalue weighted by atomic mass is 32.1. The maximum Gasteiger partial charge on any atom is 0.170 e. The molecule has 2 nitrogen and oxygen atoms in total. The first-order valence-corrected chi connectivity index (χ1v) is 4.32. The number of ketones is 1. The smallest absolute Gasteiger partial charge is 0.170 e. The Balaban J connectivity index is 2.99. The molecular formula is C9H8O2S. The molecule has 0 aliphatic carbocycles. The molecule has 62 valence electrons. The van der Waals surface area contributed by atoms with Crippen LogP contribution in [0.15, 0.2) is 11.4 Å². The average Bonchev–Trinajstić information content (AvgIpc) is 2.48. The Kier molecular flexibility index (Phi) is 3.03. The number of hydrogen-bond donors (Lipinski definition) is 1. The van der Waals surface area contributed by atoms with E-state index in [2.05, 4.69) is 11.8 Å². The Labute approximate surface area is 74.9 Å². The molecule has 0 saturated carbocycles. The molecule has 0 atom stereocenters. The summed E-state index contributed by atoms with van der Waals surface area (Å²) in [6, 6.07) is 1.78. The molecular weight excluding hydrogens is 172 g/mol. The number of rotatable bonds is 1. The van der Waals surface area contributed by atoms with Crippen LogP contribution < -0.4 is 0 Å². The lowest BCUT2D eigenvalue weighted by Gasteiger charge is -1.88. The van der Waals surface area contributed by atoms with Crippen LogP contribution in [0.3, 0.4) is 0 Å². The maximum absolute atomic E-state index is 11.0. The van der Waals surface area contributed by atoms with E-state index in [9.17, 15) is 4.79 Å². The molecule has 0 aliphatic rings. The molecule has 0 unspecified atom stereocenters. The molecule has 0 radical (unpaired) electrons. The van der Waals surface area contributed by atoms with Crippen LogP contribution in [-0.4, -0.2) is 17.5 Å². The largest absolute Gasteiger partial charge is 0.384 e. The summed E-state index contributed by atoms with van der Waals surface area (Å²) in [5.74, 6) is 5.24. The zero-order valence-corrected chi connectivity index (χ0v) is 7.44. The van der Waals surface area contributed by atoms with E-state index in [1.54, 1.807) is 6.07 Å². The number of hydrogen-bond acceptors (Lipinski definition) is 3. The summed E-state index contributed by atoms with van der Waals surface area (Å²) in [4.78, 5) is 11.6. The van der Waals surface area contributed by atoms with Gasteiger partial charge in [-0.25, -0.2) is 0 Å². The van der Waals surface area contributed by atoms with Crippen LogP contribution in [0.2, 0.25) is 0 Å². The number of aliphatic hydroxyl groups excluding tert-OH is 1. The van der Waals surface area contributed by atoms with Gasteiger partial charge in [0, 0.05) is 5.56 Å². The van der Waals surface area contributed by atoms with E-state index >= 15 is 0 Å². The van der Waals surface area contributed by atoms with E-state index in [1.807, 2.05) is 5.38 Å². The van der Waals surface area contributed by atoms with Crippen LogP contribution in [0.4, 0.5) is 0 Å².